The maximum Gasteiger partial charge on any atom is 0.355 e. The number of hydrogen-bond donors (Lipinski definition) is 1. The molecule has 1 heterocycles. The Balaban J connectivity index is 3.41. The fraction of sp³-hybridized carbons (Fsp3) is 0.0909. The van der Waals surface area contributed by atoms with E-state index in [2.05, 4.69) is 11.6 Å². The normalized spacial score (nSPS) is 11.2. The average molecular weight is 224 g/mol. The summed E-state index contributed by atoms with van der Waals surface area (Å²) in [5.74, 6) is -1.08. The van der Waals surface area contributed by atoms with E-state index < -0.39 is 5.97 Å². The summed E-state index contributed by atoms with van der Waals surface area (Å²) < 4.78 is 0. The van der Waals surface area contributed by atoms with Gasteiger partial charge in [0.1, 0.15) is 0 Å². The van der Waals surface area contributed by atoms with Crippen LogP contribution < -0.4 is 0 Å². The van der Waals surface area contributed by atoms with Crippen molar-refractivity contribution in [3.63, 3.8) is 0 Å². The number of hydrogen-bond acceptors (Lipinski definition) is 2. The molecule has 15 heavy (non-hydrogen) atoms. The number of nitrogens with zero attached hydrogens (tertiary/aromatic N) is 1. The first kappa shape index (κ1) is 11.5. The van der Waals surface area contributed by atoms with Crippen LogP contribution in [0.15, 0.2) is 23.9 Å². The van der Waals surface area contributed by atoms with E-state index in [0.29, 0.717) is 16.2 Å². The van der Waals surface area contributed by atoms with Crippen LogP contribution in [0.2, 0.25) is 0 Å². The van der Waals surface area contributed by atoms with Gasteiger partial charge in [-0.3, -0.25) is 0 Å². The van der Waals surface area contributed by atoms with E-state index in [9.17, 15) is 4.79 Å². The van der Waals surface area contributed by atoms with Crippen molar-refractivity contribution in [1.82, 2.24) is 4.98 Å². The van der Waals surface area contributed by atoms with E-state index in [1.54, 1.807) is 19.1 Å². The van der Waals surface area contributed by atoms with E-state index >= 15 is 0 Å². The molecule has 0 radical (unpaired) electrons. The highest BCUT2D eigenvalue weighted by Gasteiger charge is 2.11. The molecule has 0 aliphatic rings. The number of carboxylic acid groups (broad SMARTS) is 1. The Labute approximate surface area is 92.7 Å². The molecule has 0 saturated heterocycles. The van der Waals surface area contributed by atoms with Crippen LogP contribution in [0.5, 0.6) is 0 Å². The lowest BCUT2D eigenvalue weighted by Gasteiger charge is -2.04. The molecule has 0 bridgehead atoms. The molecule has 1 aromatic heterocycles. The predicted molar refractivity (Wildman–Crippen MR) is 60.8 cm³/mol. The molecule has 1 aromatic rings. The van der Waals surface area contributed by atoms with Gasteiger partial charge in [-0.2, -0.15) is 0 Å². The molecule has 78 valence electrons. The summed E-state index contributed by atoms with van der Waals surface area (Å²) in [4.78, 5) is 14.6. The highest BCUT2D eigenvalue weighted by Crippen LogP contribution is 2.18. The molecule has 1 N–H and O–H groups in total. The monoisotopic (exact) mass is 223 g/mol. The first-order valence-corrected chi connectivity index (χ1v) is 4.62. The van der Waals surface area contributed by atoms with Crippen molar-refractivity contribution < 1.29 is 9.90 Å². The van der Waals surface area contributed by atoms with Gasteiger partial charge in [0.05, 0.1) is 0 Å². The minimum atomic E-state index is -1.08. The van der Waals surface area contributed by atoms with E-state index in [4.69, 9.17) is 16.7 Å². The second-order valence-corrected chi connectivity index (χ2v) is 3.50. The molecular weight excluding hydrogens is 214 g/mol. The Morgan fingerprint density at radius 2 is 2.33 bits per heavy atom. The molecule has 0 amide bonds. The highest BCUT2D eigenvalue weighted by atomic mass is 35.5. The lowest BCUT2D eigenvalue weighted by atomic mass is 10.1. The first-order chi connectivity index (χ1) is 7.06. The minimum Gasteiger partial charge on any atom is -0.476 e. The Hall–Kier alpha value is -1.61. The third-order valence-corrected chi connectivity index (χ3v) is 1.89. The zero-order valence-electron chi connectivity index (χ0n) is 8.20. The van der Waals surface area contributed by atoms with Gasteiger partial charge < -0.3 is 5.11 Å². The Bertz CT molecular complexity index is 434. The summed E-state index contributed by atoms with van der Waals surface area (Å²) >= 11 is 5.73. The zero-order valence-corrected chi connectivity index (χ0v) is 8.95. The van der Waals surface area contributed by atoms with Gasteiger partial charge in [-0.15, -0.1) is 0 Å². The van der Waals surface area contributed by atoms with Gasteiger partial charge in [-0.05, 0) is 24.6 Å². The molecule has 0 saturated carbocycles. The highest BCUT2D eigenvalue weighted by molar-refractivity contribution is 6.31. The first-order valence-electron chi connectivity index (χ1n) is 4.24. The van der Waals surface area contributed by atoms with Gasteiger partial charge >= 0.3 is 5.97 Å². The predicted octanol–water partition coefficient (Wildman–Crippen LogP) is 3.02. The van der Waals surface area contributed by atoms with Crippen LogP contribution >= 0.6 is 11.6 Å². The fourth-order valence-corrected chi connectivity index (χ4v) is 1.33. The molecule has 4 heteroatoms. The largest absolute Gasteiger partial charge is 0.476 e. The van der Waals surface area contributed by atoms with Crippen LogP contribution in [-0.4, -0.2) is 16.1 Å². The molecule has 0 aliphatic carbocycles. The standard InChI is InChI=1S/C11H10ClNO2/c1-3-9-8(6-7(2)12)4-5-13-10(9)11(14)15/h3-6H,1H2,2H3,(H,14,15)/b7-6+. The summed E-state index contributed by atoms with van der Waals surface area (Å²) in [5, 5.41) is 9.46. The summed E-state index contributed by atoms with van der Waals surface area (Å²) in [6.07, 6.45) is 4.57. The van der Waals surface area contributed by atoms with Gasteiger partial charge in [0.15, 0.2) is 5.69 Å². The maximum absolute atomic E-state index is 10.9. The van der Waals surface area contributed by atoms with Gasteiger partial charge in [0.25, 0.3) is 0 Å². The smallest absolute Gasteiger partial charge is 0.355 e. The summed E-state index contributed by atoms with van der Waals surface area (Å²) in [7, 11) is 0. The molecular formula is C11H10ClNO2. The third kappa shape index (κ3) is 2.67. The third-order valence-electron chi connectivity index (χ3n) is 1.78. The van der Waals surface area contributed by atoms with E-state index in [0.717, 1.165) is 0 Å². The van der Waals surface area contributed by atoms with Crippen molar-refractivity contribution >= 4 is 29.7 Å². The van der Waals surface area contributed by atoms with Gasteiger partial charge in [0, 0.05) is 16.8 Å². The van der Waals surface area contributed by atoms with E-state index in [1.807, 2.05) is 0 Å². The van der Waals surface area contributed by atoms with Gasteiger partial charge in [-0.1, -0.05) is 24.3 Å². The Morgan fingerprint density at radius 1 is 1.67 bits per heavy atom. The van der Waals surface area contributed by atoms with Gasteiger partial charge in [-0.25, -0.2) is 9.78 Å². The number of rotatable bonds is 3. The van der Waals surface area contributed by atoms with Crippen LogP contribution in [0.3, 0.4) is 0 Å². The number of carbonyl (C=O) groups is 1. The number of aromatic nitrogens is 1. The zero-order chi connectivity index (χ0) is 11.4. The number of allylic oxidation sites excluding steroid dienone is 1. The van der Waals surface area contributed by atoms with Crippen LogP contribution in [-0.2, 0) is 0 Å². The van der Waals surface area contributed by atoms with Crippen LogP contribution in [0.25, 0.3) is 12.2 Å². The van der Waals surface area contributed by atoms with Crippen molar-refractivity contribution in [2.24, 2.45) is 0 Å². The van der Waals surface area contributed by atoms with Crippen LogP contribution in [0.1, 0.15) is 28.5 Å². The van der Waals surface area contributed by atoms with Crippen LogP contribution in [0.4, 0.5) is 0 Å². The van der Waals surface area contributed by atoms with Crippen molar-refractivity contribution in [1.29, 1.82) is 0 Å². The topological polar surface area (TPSA) is 50.2 Å². The number of halogens is 1. The van der Waals surface area contributed by atoms with Crippen molar-refractivity contribution in [2.45, 2.75) is 6.92 Å². The molecule has 1 rings (SSSR count). The van der Waals surface area contributed by atoms with Crippen molar-refractivity contribution in [3.05, 3.63) is 40.7 Å². The molecule has 0 atom stereocenters. The maximum atomic E-state index is 10.9. The quantitative estimate of drug-likeness (QED) is 0.857. The molecule has 3 nitrogen and oxygen atoms in total. The fourth-order valence-electron chi connectivity index (χ4n) is 1.21. The Morgan fingerprint density at radius 3 is 2.80 bits per heavy atom. The molecule has 0 unspecified atom stereocenters. The molecule has 0 aliphatic heterocycles. The molecule has 0 aromatic carbocycles. The van der Waals surface area contributed by atoms with Crippen molar-refractivity contribution in [3.8, 4) is 0 Å². The second kappa shape index (κ2) is 4.75. The number of carboxylic acids is 1. The van der Waals surface area contributed by atoms with E-state index in [1.165, 1.54) is 12.3 Å². The van der Waals surface area contributed by atoms with E-state index in [-0.39, 0.29) is 5.69 Å². The molecule has 0 fully saturated rings. The van der Waals surface area contributed by atoms with Crippen molar-refractivity contribution in [2.75, 3.05) is 0 Å². The Kier molecular flexibility index (Phi) is 3.63. The lowest BCUT2D eigenvalue weighted by Crippen LogP contribution is -2.04. The summed E-state index contributed by atoms with van der Waals surface area (Å²) in [6.45, 7) is 5.28. The second-order valence-electron chi connectivity index (χ2n) is 2.90. The molecule has 0 spiro atoms. The lowest BCUT2D eigenvalue weighted by molar-refractivity contribution is 0.0690. The SMILES string of the molecule is C=Cc1c(/C=C(\C)Cl)ccnc1C(=O)O. The van der Waals surface area contributed by atoms with Crippen LogP contribution in [0, 0.1) is 0 Å². The summed E-state index contributed by atoms with van der Waals surface area (Å²) in [5.41, 5.74) is 1.16. The minimum absolute atomic E-state index is 0.0170. The summed E-state index contributed by atoms with van der Waals surface area (Å²) in [6, 6.07) is 1.69. The van der Waals surface area contributed by atoms with Gasteiger partial charge in [0.2, 0.25) is 0 Å². The number of aromatic carboxylic acids is 1. The average Bonchev–Trinajstić information content (AvgIpc) is 2.16. The number of pyridine rings is 1.